The zero-order valence-electron chi connectivity index (χ0n) is 11.2. The molecule has 1 aromatic carbocycles. The average molecular weight is 245 g/mol. The molecule has 4 nitrogen and oxygen atoms in total. The number of hydrogen-bond acceptors (Lipinski definition) is 3. The molecule has 0 aliphatic rings. The summed E-state index contributed by atoms with van der Waals surface area (Å²) in [6.45, 7) is 5.97. The van der Waals surface area contributed by atoms with Crippen LogP contribution >= 0.6 is 0 Å². The zero-order chi connectivity index (χ0) is 13.3. The van der Waals surface area contributed by atoms with Gasteiger partial charge in [0.1, 0.15) is 5.75 Å². The fourth-order valence-electron chi connectivity index (χ4n) is 2.07. The fraction of sp³-hybridized carbons (Fsp3) is 0.357. The van der Waals surface area contributed by atoms with Crippen molar-refractivity contribution in [2.24, 2.45) is 7.05 Å². The molecule has 0 saturated heterocycles. The van der Waals surface area contributed by atoms with Gasteiger partial charge in [0.2, 0.25) is 0 Å². The number of benzene rings is 1. The maximum atomic E-state index is 9.69. The molecule has 0 aliphatic carbocycles. The molecule has 4 heteroatoms. The second kappa shape index (κ2) is 4.72. The number of hydrogen-bond donors (Lipinski definition) is 2. The highest BCUT2D eigenvalue weighted by molar-refractivity contribution is 5.52. The Morgan fingerprint density at radius 2 is 2.06 bits per heavy atom. The quantitative estimate of drug-likeness (QED) is 0.874. The van der Waals surface area contributed by atoms with E-state index in [1.54, 1.807) is 6.07 Å². The van der Waals surface area contributed by atoms with Crippen LogP contribution in [0.25, 0.3) is 0 Å². The van der Waals surface area contributed by atoms with Gasteiger partial charge in [0.05, 0.1) is 11.7 Å². The molecule has 1 heterocycles. The largest absolute Gasteiger partial charge is 0.508 e. The molecule has 0 spiro atoms. The summed E-state index contributed by atoms with van der Waals surface area (Å²) in [4.78, 5) is 0. The Kier molecular flexibility index (Phi) is 3.28. The summed E-state index contributed by atoms with van der Waals surface area (Å²) in [7, 11) is 1.92. The highest BCUT2D eigenvalue weighted by Crippen LogP contribution is 2.25. The Labute approximate surface area is 107 Å². The van der Waals surface area contributed by atoms with Gasteiger partial charge in [-0.15, -0.1) is 0 Å². The van der Waals surface area contributed by atoms with E-state index >= 15 is 0 Å². The van der Waals surface area contributed by atoms with E-state index in [0.717, 1.165) is 22.5 Å². The van der Waals surface area contributed by atoms with Gasteiger partial charge < -0.3 is 10.4 Å². The third-order valence-electron chi connectivity index (χ3n) is 3.11. The monoisotopic (exact) mass is 245 g/mol. The Hall–Kier alpha value is -1.97. The van der Waals surface area contributed by atoms with Gasteiger partial charge in [0.25, 0.3) is 0 Å². The van der Waals surface area contributed by atoms with Crippen LogP contribution in [0, 0.1) is 13.8 Å². The van der Waals surface area contributed by atoms with Crippen LogP contribution in [0.1, 0.15) is 29.8 Å². The van der Waals surface area contributed by atoms with Gasteiger partial charge in [0, 0.05) is 30.6 Å². The summed E-state index contributed by atoms with van der Waals surface area (Å²) in [5.74, 6) is 0.315. The predicted octanol–water partition coefficient (Wildman–Crippen LogP) is 2.92. The van der Waals surface area contributed by atoms with Crippen LogP contribution in [0.5, 0.6) is 5.75 Å². The number of nitrogens with one attached hydrogen (secondary N) is 1. The number of aromatic nitrogens is 2. The lowest BCUT2D eigenvalue weighted by Gasteiger charge is -2.15. The number of aromatic hydroxyl groups is 1. The summed E-state index contributed by atoms with van der Waals surface area (Å²) in [6, 6.07) is 5.77. The molecule has 0 radical (unpaired) electrons. The highest BCUT2D eigenvalue weighted by atomic mass is 16.3. The van der Waals surface area contributed by atoms with E-state index in [0.29, 0.717) is 5.75 Å². The van der Waals surface area contributed by atoms with Gasteiger partial charge in [0.15, 0.2) is 0 Å². The molecule has 2 N–H and O–H groups in total. The van der Waals surface area contributed by atoms with E-state index < -0.39 is 0 Å². The van der Waals surface area contributed by atoms with Crippen molar-refractivity contribution < 1.29 is 5.11 Å². The van der Waals surface area contributed by atoms with Gasteiger partial charge in [-0.25, -0.2) is 0 Å². The molecule has 0 amide bonds. The molecule has 1 aromatic heterocycles. The first-order chi connectivity index (χ1) is 8.47. The maximum Gasteiger partial charge on any atom is 0.120 e. The van der Waals surface area contributed by atoms with Crippen molar-refractivity contribution in [1.29, 1.82) is 0 Å². The standard InChI is InChI=1S/C14H19N3O/c1-9-5-6-12(7-14(9)18)15-10(2)13-8-17(4)16-11(13)3/h5-8,10,15,18H,1-4H3. The van der Waals surface area contributed by atoms with Crippen LogP contribution in [0.15, 0.2) is 24.4 Å². The minimum atomic E-state index is 0.154. The molecule has 0 bridgehead atoms. The fourth-order valence-corrected chi connectivity index (χ4v) is 2.07. The topological polar surface area (TPSA) is 50.1 Å². The molecule has 0 saturated carbocycles. The van der Waals surface area contributed by atoms with Gasteiger partial charge in [-0.05, 0) is 32.4 Å². The summed E-state index contributed by atoms with van der Waals surface area (Å²) in [5.41, 5.74) is 3.98. The lowest BCUT2D eigenvalue weighted by Crippen LogP contribution is -2.07. The van der Waals surface area contributed by atoms with Crippen molar-refractivity contribution in [2.75, 3.05) is 5.32 Å². The minimum absolute atomic E-state index is 0.154. The molecule has 96 valence electrons. The number of rotatable bonds is 3. The average Bonchev–Trinajstić information content (AvgIpc) is 2.63. The van der Waals surface area contributed by atoms with Crippen LogP contribution in [-0.2, 0) is 7.05 Å². The van der Waals surface area contributed by atoms with E-state index in [-0.39, 0.29) is 6.04 Å². The Balaban J connectivity index is 2.18. The smallest absolute Gasteiger partial charge is 0.120 e. The molecule has 1 atom stereocenters. The Bertz CT molecular complexity index is 560. The van der Waals surface area contributed by atoms with Gasteiger partial charge in [-0.2, -0.15) is 5.10 Å². The second-order valence-electron chi connectivity index (χ2n) is 4.71. The van der Waals surface area contributed by atoms with E-state index in [4.69, 9.17) is 0 Å². The zero-order valence-corrected chi connectivity index (χ0v) is 11.2. The predicted molar refractivity (Wildman–Crippen MR) is 72.8 cm³/mol. The van der Waals surface area contributed by atoms with Crippen LogP contribution in [0.4, 0.5) is 5.69 Å². The lowest BCUT2D eigenvalue weighted by molar-refractivity contribution is 0.471. The first-order valence-corrected chi connectivity index (χ1v) is 6.03. The third-order valence-corrected chi connectivity index (χ3v) is 3.11. The molecule has 0 fully saturated rings. The van der Waals surface area contributed by atoms with Crippen LogP contribution in [-0.4, -0.2) is 14.9 Å². The molecular weight excluding hydrogens is 226 g/mol. The Morgan fingerprint density at radius 3 is 2.61 bits per heavy atom. The van der Waals surface area contributed by atoms with Crippen molar-refractivity contribution in [2.45, 2.75) is 26.8 Å². The van der Waals surface area contributed by atoms with Crippen molar-refractivity contribution >= 4 is 5.69 Å². The Morgan fingerprint density at radius 1 is 1.33 bits per heavy atom. The molecule has 0 aliphatic heterocycles. The van der Waals surface area contributed by atoms with Crippen LogP contribution in [0.2, 0.25) is 0 Å². The summed E-state index contributed by atoms with van der Waals surface area (Å²) < 4.78 is 1.81. The van der Waals surface area contributed by atoms with Crippen molar-refractivity contribution in [3.63, 3.8) is 0 Å². The highest BCUT2D eigenvalue weighted by Gasteiger charge is 2.11. The van der Waals surface area contributed by atoms with Crippen LogP contribution < -0.4 is 5.32 Å². The summed E-state index contributed by atoms with van der Waals surface area (Å²) in [5, 5.41) is 17.4. The number of anilines is 1. The summed E-state index contributed by atoms with van der Waals surface area (Å²) >= 11 is 0. The van der Waals surface area contributed by atoms with E-state index in [1.807, 2.05) is 43.9 Å². The van der Waals surface area contributed by atoms with Gasteiger partial charge in [-0.1, -0.05) is 6.07 Å². The van der Waals surface area contributed by atoms with E-state index in [2.05, 4.69) is 17.3 Å². The third kappa shape index (κ3) is 2.47. The number of phenols is 1. The molecule has 1 unspecified atom stereocenters. The van der Waals surface area contributed by atoms with E-state index in [9.17, 15) is 5.11 Å². The van der Waals surface area contributed by atoms with Gasteiger partial charge in [-0.3, -0.25) is 4.68 Å². The first kappa shape index (κ1) is 12.5. The van der Waals surface area contributed by atoms with Gasteiger partial charge >= 0.3 is 0 Å². The minimum Gasteiger partial charge on any atom is -0.508 e. The number of phenolic OH excluding ortho intramolecular Hbond substituents is 1. The lowest BCUT2D eigenvalue weighted by atomic mass is 10.1. The first-order valence-electron chi connectivity index (χ1n) is 6.03. The van der Waals surface area contributed by atoms with Crippen molar-refractivity contribution in [3.8, 4) is 5.75 Å². The number of aryl methyl sites for hydroxylation is 3. The molecule has 18 heavy (non-hydrogen) atoms. The molecule has 2 rings (SSSR count). The van der Waals surface area contributed by atoms with Crippen molar-refractivity contribution in [1.82, 2.24) is 9.78 Å². The SMILES string of the molecule is Cc1ccc(NC(C)c2cn(C)nc2C)cc1O. The van der Waals surface area contributed by atoms with E-state index in [1.165, 1.54) is 0 Å². The maximum absolute atomic E-state index is 9.69. The van der Waals surface area contributed by atoms with Crippen molar-refractivity contribution in [3.05, 3.63) is 41.2 Å². The number of nitrogens with zero attached hydrogens (tertiary/aromatic N) is 2. The summed E-state index contributed by atoms with van der Waals surface area (Å²) in [6.07, 6.45) is 2.01. The normalized spacial score (nSPS) is 12.4. The second-order valence-corrected chi connectivity index (χ2v) is 4.71. The molecular formula is C14H19N3O. The van der Waals surface area contributed by atoms with Crippen LogP contribution in [0.3, 0.4) is 0 Å². The molecule has 2 aromatic rings.